The van der Waals surface area contributed by atoms with Crippen molar-refractivity contribution in [3.63, 3.8) is 0 Å². The van der Waals surface area contributed by atoms with E-state index in [1.807, 2.05) is 36.4 Å². The Balaban J connectivity index is 1.74. The molecular formula is C25H32N4O4. The molecule has 5 N–H and O–H groups in total. The van der Waals surface area contributed by atoms with E-state index in [1.54, 1.807) is 17.0 Å². The smallest absolute Gasteiger partial charge is 0.305 e. The fourth-order valence-electron chi connectivity index (χ4n) is 3.90. The van der Waals surface area contributed by atoms with Crippen molar-refractivity contribution in [2.45, 2.75) is 44.7 Å². The monoisotopic (exact) mass is 452 g/mol. The van der Waals surface area contributed by atoms with Crippen LogP contribution in [-0.4, -0.2) is 53.5 Å². The summed E-state index contributed by atoms with van der Waals surface area (Å²) >= 11 is 0. The highest BCUT2D eigenvalue weighted by molar-refractivity contribution is 5.96. The molecular weight excluding hydrogens is 420 g/mol. The molecule has 1 unspecified atom stereocenters. The first-order valence-electron chi connectivity index (χ1n) is 11.4. The molecule has 2 aromatic carbocycles. The lowest BCUT2D eigenvalue weighted by molar-refractivity contribution is -0.141. The molecule has 1 heterocycles. The van der Waals surface area contributed by atoms with Crippen molar-refractivity contribution in [1.29, 1.82) is 0 Å². The highest BCUT2D eigenvalue weighted by atomic mass is 16.4. The summed E-state index contributed by atoms with van der Waals surface area (Å²) in [7, 11) is 0. The predicted octanol–water partition coefficient (Wildman–Crippen LogP) is 2.39. The zero-order chi connectivity index (χ0) is 23.6. The molecule has 1 aliphatic rings. The Hall–Kier alpha value is -3.39. The van der Waals surface area contributed by atoms with Crippen molar-refractivity contribution in [2.75, 3.05) is 25.0 Å². The number of carboxylic acid groups (broad SMARTS) is 1. The van der Waals surface area contributed by atoms with Crippen molar-refractivity contribution in [1.82, 2.24) is 10.2 Å². The van der Waals surface area contributed by atoms with E-state index in [2.05, 4.69) is 10.6 Å². The number of hydrogen-bond acceptors (Lipinski definition) is 5. The van der Waals surface area contributed by atoms with E-state index in [-0.39, 0.29) is 18.2 Å². The van der Waals surface area contributed by atoms with E-state index >= 15 is 0 Å². The second-order valence-corrected chi connectivity index (χ2v) is 8.27. The molecule has 3 rings (SSSR count). The predicted molar refractivity (Wildman–Crippen MR) is 127 cm³/mol. The van der Waals surface area contributed by atoms with Crippen molar-refractivity contribution >= 4 is 23.5 Å². The third-order valence-corrected chi connectivity index (χ3v) is 5.73. The summed E-state index contributed by atoms with van der Waals surface area (Å²) in [5.74, 6) is -1.51. The van der Waals surface area contributed by atoms with Gasteiger partial charge in [0.2, 0.25) is 5.91 Å². The lowest BCUT2D eigenvalue weighted by Crippen LogP contribution is -2.42. The zero-order valence-corrected chi connectivity index (χ0v) is 18.8. The largest absolute Gasteiger partial charge is 0.481 e. The van der Waals surface area contributed by atoms with Crippen LogP contribution in [0.1, 0.15) is 47.2 Å². The third kappa shape index (κ3) is 7.05. The number of unbranched alkanes of at least 4 members (excludes halogenated alkanes) is 2. The van der Waals surface area contributed by atoms with Crippen LogP contribution in [0.4, 0.5) is 5.69 Å². The quantitative estimate of drug-likeness (QED) is 0.388. The van der Waals surface area contributed by atoms with Gasteiger partial charge in [-0.2, -0.15) is 0 Å². The Labute approximate surface area is 194 Å². The minimum atomic E-state index is -1.06. The SMILES string of the molecule is NCCCCCNC(=O)c1ccc2c(c1)NC(CC(=O)O)C(=O)N(CCc1ccccc1)C2. The van der Waals surface area contributed by atoms with Gasteiger partial charge < -0.3 is 26.4 Å². The summed E-state index contributed by atoms with van der Waals surface area (Å²) < 4.78 is 0. The fraction of sp³-hybridized carbons (Fsp3) is 0.400. The molecule has 2 amide bonds. The summed E-state index contributed by atoms with van der Waals surface area (Å²) in [4.78, 5) is 38.8. The minimum Gasteiger partial charge on any atom is -0.481 e. The summed E-state index contributed by atoms with van der Waals surface area (Å²) in [5.41, 5.74) is 8.54. The number of fused-ring (bicyclic) bond motifs is 1. The van der Waals surface area contributed by atoms with E-state index in [0.29, 0.717) is 43.9 Å². The molecule has 0 radical (unpaired) electrons. The minimum absolute atomic E-state index is 0.196. The highest BCUT2D eigenvalue weighted by Crippen LogP contribution is 2.26. The number of nitrogens with zero attached hydrogens (tertiary/aromatic N) is 1. The zero-order valence-electron chi connectivity index (χ0n) is 18.8. The van der Waals surface area contributed by atoms with E-state index in [9.17, 15) is 19.5 Å². The van der Waals surface area contributed by atoms with Gasteiger partial charge in [0.1, 0.15) is 6.04 Å². The van der Waals surface area contributed by atoms with Gasteiger partial charge in [0, 0.05) is 30.9 Å². The number of hydrogen-bond donors (Lipinski definition) is 4. The number of carbonyl (C=O) groups excluding carboxylic acids is 2. The molecule has 33 heavy (non-hydrogen) atoms. The molecule has 0 saturated heterocycles. The molecule has 1 atom stereocenters. The molecule has 0 aliphatic carbocycles. The van der Waals surface area contributed by atoms with Crippen LogP contribution >= 0.6 is 0 Å². The van der Waals surface area contributed by atoms with E-state index in [0.717, 1.165) is 30.4 Å². The maximum Gasteiger partial charge on any atom is 0.305 e. The maximum absolute atomic E-state index is 13.1. The fourth-order valence-corrected chi connectivity index (χ4v) is 3.90. The average Bonchev–Trinajstić information content (AvgIpc) is 2.93. The van der Waals surface area contributed by atoms with Crippen LogP contribution in [0.5, 0.6) is 0 Å². The van der Waals surface area contributed by atoms with Crippen LogP contribution in [0.3, 0.4) is 0 Å². The number of benzene rings is 2. The maximum atomic E-state index is 13.1. The number of amides is 2. The normalized spacial score (nSPS) is 15.4. The van der Waals surface area contributed by atoms with Crippen LogP contribution in [0, 0.1) is 0 Å². The Kier molecular flexibility index (Phi) is 8.83. The van der Waals surface area contributed by atoms with Crippen LogP contribution in [0.2, 0.25) is 0 Å². The highest BCUT2D eigenvalue weighted by Gasteiger charge is 2.31. The lowest BCUT2D eigenvalue weighted by Gasteiger charge is -2.24. The van der Waals surface area contributed by atoms with Gasteiger partial charge in [0.25, 0.3) is 5.91 Å². The van der Waals surface area contributed by atoms with Gasteiger partial charge in [-0.3, -0.25) is 14.4 Å². The van der Waals surface area contributed by atoms with Crippen molar-refractivity contribution in [3.05, 3.63) is 65.2 Å². The van der Waals surface area contributed by atoms with Crippen LogP contribution in [0.25, 0.3) is 0 Å². The van der Waals surface area contributed by atoms with Gasteiger partial charge in [-0.15, -0.1) is 0 Å². The summed E-state index contributed by atoms with van der Waals surface area (Å²) in [5, 5.41) is 15.3. The second kappa shape index (κ2) is 12.0. The van der Waals surface area contributed by atoms with Crippen molar-refractivity contribution < 1.29 is 19.5 Å². The number of rotatable bonds is 11. The van der Waals surface area contributed by atoms with Crippen LogP contribution < -0.4 is 16.4 Å². The molecule has 1 aliphatic heterocycles. The lowest BCUT2D eigenvalue weighted by atomic mass is 10.1. The molecule has 8 nitrogen and oxygen atoms in total. The number of nitrogens with two attached hydrogens (primary N) is 1. The van der Waals surface area contributed by atoms with Gasteiger partial charge in [0.05, 0.1) is 6.42 Å². The Bertz CT molecular complexity index is 964. The molecule has 0 spiro atoms. The van der Waals surface area contributed by atoms with Crippen LogP contribution in [-0.2, 0) is 22.6 Å². The molecule has 0 aromatic heterocycles. The number of carboxylic acids is 1. The number of aliphatic carboxylic acids is 1. The topological polar surface area (TPSA) is 125 Å². The van der Waals surface area contributed by atoms with E-state index in [4.69, 9.17) is 5.73 Å². The van der Waals surface area contributed by atoms with Gasteiger partial charge >= 0.3 is 5.97 Å². The average molecular weight is 453 g/mol. The first kappa shape index (κ1) is 24.3. The molecule has 2 aromatic rings. The molecule has 8 heteroatoms. The standard InChI is InChI=1S/C25H32N4O4/c26-12-5-2-6-13-27-24(32)19-9-10-20-17-29(14-11-18-7-3-1-4-8-18)25(33)22(16-23(30)31)28-21(20)15-19/h1,3-4,7-10,15,22,28H,2,5-6,11-14,16-17,26H2,(H,27,32)(H,30,31). The number of carbonyl (C=O) groups is 3. The third-order valence-electron chi connectivity index (χ3n) is 5.73. The van der Waals surface area contributed by atoms with E-state index in [1.165, 1.54) is 0 Å². The van der Waals surface area contributed by atoms with E-state index < -0.39 is 12.0 Å². The first-order chi connectivity index (χ1) is 16.0. The van der Waals surface area contributed by atoms with Crippen molar-refractivity contribution in [3.8, 4) is 0 Å². The Morgan fingerprint density at radius 3 is 2.64 bits per heavy atom. The molecule has 176 valence electrons. The summed E-state index contributed by atoms with van der Waals surface area (Å²) in [6.07, 6.45) is 3.08. The summed E-state index contributed by atoms with van der Waals surface area (Å²) in [6.45, 7) is 2.04. The molecule has 0 fully saturated rings. The van der Waals surface area contributed by atoms with Crippen LogP contribution in [0.15, 0.2) is 48.5 Å². The van der Waals surface area contributed by atoms with Gasteiger partial charge in [-0.05, 0) is 49.1 Å². The molecule has 0 bridgehead atoms. The Morgan fingerprint density at radius 2 is 1.91 bits per heavy atom. The number of nitrogens with one attached hydrogen (secondary N) is 2. The second-order valence-electron chi connectivity index (χ2n) is 8.27. The number of anilines is 1. The van der Waals surface area contributed by atoms with Gasteiger partial charge in [-0.1, -0.05) is 42.8 Å². The first-order valence-corrected chi connectivity index (χ1v) is 11.4. The molecule has 0 saturated carbocycles. The Morgan fingerprint density at radius 1 is 1.12 bits per heavy atom. The van der Waals surface area contributed by atoms with Gasteiger partial charge in [0.15, 0.2) is 0 Å². The summed E-state index contributed by atoms with van der Waals surface area (Å²) in [6, 6.07) is 14.2. The van der Waals surface area contributed by atoms with Gasteiger partial charge in [-0.25, -0.2) is 0 Å². The van der Waals surface area contributed by atoms with Crippen molar-refractivity contribution in [2.24, 2.45) is 5.73 Å².